The second-order valence-electron chi connectivity index (χ2n) is 7.21. The van der Waals surface area contributed by atoms with Crippen LogP contribution in [0.15, 0.2) is 83.3 Å². The second-order valence-corrected chi connectivity index (χ2v) is 9.93. The molecule has 0 aliphatic carbocycles. The predicted octanol–water partition coefficient (Wildman–Crippen LogP) is 4.21. The molecule has 0 radical (unpaired) electrons. The number of rotatable bonds is 5. The first-order valence-electron chi connectivity index (χ1n) is 9.90. The van der Waals surface area contributed by atoms with Crippen molar-refractivity contribution in [3.8, 4) is 11.3 Å². The summed E-state index contributed by atoms with van der Waals surface area (Å²) in [6, 6.07) is 17.2. The third-order valence-electron chi connectivity index (χ3n) is 5.23. The number of nitrogens with one attached hydrogen (secondary N) is 1. The van der Waals surface area contributed by atoms with E-state index in [-0.39, 0.29) is 10.8 Å². The zero-order valence-corrected chi connectivity index (χ0v) is 18.4. The van der Waals surface area contributed by atoms with Gasteiger partial charge >= 0.3 is 0 Å². The average Bonchev–Trinajstić information content (AvgIpc) is 3.47. The molecular formula is C23H18N4O3S2. The maximum absolute atomic E-state index is 13.1. The van der Waals surface area contributed by atoms with Crippen molar-refractivity contribution >= 4 is 38.1 Å². The van der Waals surface area contributed by atoms with Gasteiger partial charge in [0.15, 0.2) is 5.13 Å². The van der Waals surface area contributed by atoms with Gasteiger partial charge < -0.3 is 0 Å². The van der Waals surface area contributed by atoms with E-state index in [9.17, 15) is 13.2 Å². The molecule has 1 aliphatic rings. The number of fused-ring (bicyclic) bond motifs is 1. The molecule has 0 spiro atoms. The topological polar surface area (TPSA) is 92.3 Å². The van der Waals surface area contributed by atoms with Gasteiger partial charge in [0.25, 0.3) is 15.9 Å². The molecule has 4 aromatic rings. The third kappa shape index (κ3) is 3.76. The van der Waals surface area contributed by atoms with E-state index < -0.39 is 10.0 Å². The van der Waals surface area contributed by atoms with Crippen molar-refractivity contribution in [3.63, 3.8) is 0 Å². The lowest BCUT2D eigenvalue weighted by atomic mass is 10.2. The molecule has 2 aromatic heterocycles. The van der Waals surface area contributed by atoms with Gasteiger partial charge in [-0.1, -0.05) is 18.2 Å². The fraction of sp³-hybridized carbons (Fsp3) is 0.0870. The van der Waals surface area contributed by atoms with E-state index in [4.69, 9.17) is 0 Å². The Morgan fingerprint density at radius 3 is 2.62 bits per heavy atom. The molecule has 5 rings (SSSR count). The maximum atomic E-state index is 13.1. The Kier molecular flexibility index (Phi) is 5.20. The quantitative estimate of drug-likeness (QED) is 0.480. The van der Waals surface area contributed by atoms with Crippen LogP contribution in [0, 0.1) is 0 Å². The lowest BCUT2D eigenvalue weighted by Crippen LogP contribution is -2.29. The second kappa shape index (κ2) is 8.18. The van der Waals surface area contributed by atoms with Crippen molar-refractivity contribution in [3.05, 3.63) is 89.6 Å². The third-order valence-corrected chi connectivity index (χ3v) is 7.82. The number of nitrogens with zero attached hydrogens (tertiary/aromatic N) is 3. The van der Waals surface area contributed by atoms with Crippen molar-refractivity contribution in [2.24, 2.45) is 0 Å². The summed E-state index contributed by atoms with van der Waals surface area (Å²) in [5, 5.41) is 5.06. The van der Waals surface area contributed by atoms with Crippen LogP contribution in [0.2, 0.25) is 0 Å². The van der Waals surface area contributed by atoms with Crippen LogP contribution < -0.4 is 9.62 Å². The molecule has 32 heavy (non-hydrogen) atoms. The Morgan fingerprint density at radius 2 is 1.84 bits per heavy atom. The molecule has 1 amide bonds. The number of carbonyl (C=O) groups is 1. The molecule has 1 aliphatic heterocycles. The fourth-order valence-corrected chi connectivity index (χ4v) is 5.83. The maximum Gasteiger partial charge on any atom is 0.264 e. The fourth-order valence-electron chi connectivity index (χ4n) is 3.61. The first-order chi connectivity index (χ1) is 15.5. The molecule has 7 nitrogen and oxygen atoms in total. The number of hydrogen-bond acceptors (Lipinski definition) is 6. The number of carbonyl (C=O) groups excluding carboxylic acids is 1. The van der Waals surface area contributed by atoms with Crippen LogP contribution in [0.4, 0.5) is 10.8 Å². The van der Waals surface area contributed by atoms with Crippen LogP contribution in [0.5, 0.6) is 0 Å². The number of para-hydroxylation sites is 1. The Labute approximate surface area is 189 Å². The molecule has 1 N–H and O–H groups in total. The minimum atomic E-state index is -3.70. The lowest BCUT2D eigenvalue weighted by Gasteiger charge is -2.19. The molecule has 3 heterocycles. The molecule has 160 valence electrons. The molecule has 0 saturated carbocycles. The number of benzene rings is 2. The van der Waals surface area contributed by atoms with Gasteiger partial charge in [-0.15, -0.1) is 11.3 Å². The first-order valence-corrected chi connectivity index (χ1v) is 12.2. The molecule has 0 saturated heterocycles. The molecule has 0 unspecified atom stereocenters. The van der Waals surface area contributed by atoms with Gasteiger partial charge in [-0.3, -0.25) is 19.4 Å². The summed E-state index contributed by atoms with van der Waals surface area (Å²) in [6.45, 7) is 0.410. The van der Waals surface area contributed by atoms with E-state index in [2.05, 4.69) is 15.3 Å². The number of aromatic nitrogens is 2. The van der Waals surface area contributed by atoms with Crippen LogP contribution in [-0.2, 0) is 16.4 Å². The van der Waals surface area contributed by atoms with Gasteiger partial charge in [0.05, 0.1) is 16.3 Å². The molecule has 0 fully saturated rings. The Morgan fingerprint density at radius 1 is 1.03 bits per heavy atom. The van der Waals surface area contributed by atoms with E-state index in [1.807, 2.05) is 41.8 Å². The summed E-state index contributed by atoms with van der Waals surface area (Å²) in [7, 11) is -3.70. The minimum absolute atomic E-state index is 0.152. The van der Waals surface area contributed by atoms with Crippen molar-refractivity contribution in [2.75, 3.05) is 16.2 Å². The number of thiazole rings is 1. The van der Waals surface area contributed by atoms with Gasteiger partial charge in [0, 0.05) is 35.4 Å². The smallest absolute Gasteiger partial charge is 0.264 e. The molecular weight excluding hydrogens is 444 g/mol. The van der Waals surface area contributed by atoms with Crippen LogP contribution in [0.1, 0.15) is 15.9 Å². The van der Waals surface area contributed by atoms with Gasteiger partial charge in [-0.2, -0.15) is 0 Å². The standard InChI is InChI=1S/C23H18N4O3S2/c28-22(26-23-25-20(15-31-23)18-5-3-12-24-14-18)17-7-9-19(10-8-17)32(29,30)27-13-11-16-4-1-2-6-21(16)27/h1-10,12,14-15H,11,13H2,(H,25,26,28). The summed E-state index contributed by atoms with van der Waals surface area (Å²) in [5.74, 6) is -0.354. The summed E-state index contributed by atoms with van der Waals surface area (Å²) in [6.07, 6.45) is 4.08. The monoisotopic (exact) mass is 462 g/mol. The Hall–Kier alpha value is -3.56. The van der Waals surface area contributed by atoms with E-state index in [1.165, 1.54) is 39.9 Å². The molecule has 9 heteroatoms. The zero-order chi connectivity index (χ0) is 22.1. The number of pyridine rings is 1. The Bertz CT molecular complexity index is 1380. The average molecular weight is 463 g/mol. The highest BCUT2D eigenvalue weighted by molar-refractivity contribution is 7.92. The van der Waals surface area contributed by atoms with Crippen molar-refractivity contribution < 1.29 is 13.2 Å². The summed E-state index contributed by atoms with van der Waals surface area (Å²) >= 11 is 1.31. The van der Waals surface area contributed by atoms with Crippen LogP contribution in [0.3, 0.4) is 0 Å². The summed E-state index contributed by atoms with van der Waals surface area (Å²) in [5.41, 5.74) is 3.67. The number of sulfonamides is 1. The molecule has 2 aromatic carbocycles. The van der Waals surface area contributed by atoms with Gasteiger partial charge in [0.1, 0.15) is 0 Å². The highest BCUT2D eigenvalue weighted by Gasteiger charge is 2.30. The van der Waals surface area contributed by atoms with E-state index in [0.29, 0.717) is 29.3 Å². The number of anilines is 2. The Balaban J connectivity index is 1.32. The van der Waals surface area contributed by atoms with E-state index >= 15 is 0 Å². The number of hydrogen-bond donors (Lipinski definition) is 1. The predicted molar refractivity (Wildman–Crippen MR) is 124 cm³/mol. The molecule has 0 bridgehead atoms. The van der Waals surface area contributed by atoms with Gasteiger partial charge in [0.2, 0.25) is 0 Å². The van der Waals surface area contributed by atoms with Crippen molar-refractivity contribution in [1.29, 1.82) is 0 Å². The molecule has 0 atom stereocenters. The highest BCUT2D eigenvalue weighted by Crippen LogP contribution is 2.32. The van der Waals surface area contributed by atoms with Gasteiger partial charge in [-0.05, 0) is 54.4 Å². The van der Waals surface area contributed by atoms with Crippen LogP contribution in [-0.4, -0.2) is 30.8 Å². The first kappa shape index (κ1) is 20.3. The van der Waals surface area contributed by atoms with Crippen LogP contribution >= 0.6 is 11.3 Å². The summed E-state index contributed by atoms with van der Waals surface area (Å²) in [4.78, 5) is 21.3. The van der Waals surface area contributed by atoms with E-state index in [0.717, 1.165) is 16.8 Å². The van der Waals surface area contributed by atoms with Crippen LogP contribution in [0.25, 0.3) is 11.3 Å². The lowest BCUT2D eigenvalue weighted by molar-refractivity contribution is 0.102. The van der Waals surface area contributed by atoms with Crippen molar-refractivity contribution in [1.82, 2.24) is 9.97 Å². The summed E-state index contributed by atoms with van der Waals surface area (Å²) < 4.78 is 27.7. The van der Waals surface area contributed by atoms with E-state index in [1.54, 1.807) is 12.4 Å². The SMILES string of the molecule is O=C(Nc1nc(-c2cccnc2)cs1)c1ccc(S(=O)(=O)N2CCc3ccccc32)cc1. The number of amides is 1. The highest BCUT2D eigenvalue weighted by atomic mass is 32.2. The normalized spacial score (nSPS) is 13.1. The largest absolute Gasteiger partial charge is 0.298 e. The zero-order valence-electron chi connectivity index (χ0n) is 16.8. The minimum Gasteiger partial charge on any atom is -0.298 e. The van der Waals surface area contributed by atoms with Gasteiger partial charge in [-0.25, -0.2) is 13.4 Å². The van der Waals surface area contributed by atoms with Crippen molar-refractivity contribution in [2.45, 2.75) is 11.3 Å².